The molecule has 0 aromatic heterocycles. The molecule has 14 atom stereocenters. The maximum absolute atomic E-state index is 12.4. The summed E-state index contributed by atoms with van der Waals surface area (Å²) in [5.41, 5.74) is 0. The Bertz CT molecular complexity index is 2760. The second-order valence-electron chi connectivity index (χ2n) is 40.8. The lowest BCUT2D eigenvalue weighted by Crippen LogP contribution is -2.51. The van der Waals surface area contributed by atoms with Crippen molar-refractivity contribution in [3.63, 3.8) is 0 Å². The van der Waals surface area contributed by atoms with Gasteiger partial charge in [-0.3, -0.25) is 28.8 Å². The van der Waals surface area contributed by atoms with Crippen molar-refractivity contribution in [2.45, 2.75) is 335 Å². The largest absolute Gasteiger partial charge is 0.459 e. The molecule has 0 N–H and O–H groups in total. The monoisotopic (exact) mass is 1680 g/mol. The number of carbonyl (C=O) groups excluding carboxylic acids is 6. The molecule has 0 saturated heterocycles. The Morgan fingerprint density at radius 3 is 0.639 bits per heavy atom. The summed E-state index contributed by atoms with van der Waals surface area (Å²) in [5, 5.41) is 0. The lowest BCUT2D eigenvalue weighted by molar-refractivity contribution is -0.927. The Morgan fingerprint density at radius 2 is 0.445 bits per heavy atom. The van der Waals surface area contributed by atoms with Crippen LogP contribution in [0.15, 0.2) is 0 Å². The highest BCUT2D eigenvalue weighted by Crippen LogP contribution is 2.52. The third kappa shape index (κ3) is 35.7. The van der Waals surface area contributed by atoms with Gasteiger partial charge in [-0.2, -0.15) is 0 Å². The van der Waals surface area contributed by atoms with Crippen molar-refractivity contribution in [2.75, 3.05) is 198 Å². The second kappa shape index (κ2) is 56.6. The van der Waals surface area contributed by atoms with Crippen LogP contribution in [0.2, 0.25) is 0 Å². The molecule has 10 aliphatic carbocycles. The van der Waals surface area contributed by atoms with Gasteiger partial charge in [0.25, 0.3) is 0 Å². The van der Waals surface area contributed by atoms with Crippen molar-refractivity contribution in [3.8, 4) is 0 Å². The van der Waals surface area contributed by atoms with Crippen LogP contribution in [0.25, 0.3) is 0 Å². The maximum atomic E-state index is 12.4. The lowest BCUT2D eigenvalue weighted by Gasteiger charge is -2.37. The predicted molar refractivity (Wildman–Crippen MR) is 487 cm³/mol. The van der Waals surface area contributed by atoms with E-state index >= 15 is 0 Å². The first-order chi connectivity index (χ1) is 57.2. The number of quaternary nitrogens is 6. The van der Waals surface area contributed by atoms with Crippen molar-refractivity contribution in [1.29, 1.82) is 0 Å². The number of esters is 6. The van der Waals surface area contributed by atoms with E-state index in [9.17, 15) is 28.8 Å². The third-order valence-corrected chi connectivity index (χ3v) is 32.0. The van der Waals surface area contributed by atoms with E-state index in [0.29, 0.717) is 63.3 Å². The molecule has 10 fully saturated rings. The predicted octanol–water partition coefficient (Wildman–Crippen LogP) is 20.1. The summed E-state index contributed by atoms with van der Waals surface area (Å²) in [4.78, 5) is 72.9. The average Bonchev–Trinajstić information content (AvgIpc) is 1.66. The van der Waals surface area contributed by atoms with E-state index in [1.54, 1.807) is 0 Å². The van der Waals surface area contributed by atoms with E-state index in [1.165, 1.54) is 232 Å². The molecule has 10 aliphatic rings. The van der Waals surface area contributed by atoms with Gasteiger partial charge in [-0.25, -0.2) is 0 Å². The van der Waals surface area contributed by atoms with Crippen LogP contribution in [0.3, 0.4) is 0 Å². The van der Waals surface area contributed by atoms with Crippen molar-refractivity contribution >= 4 is 35.8 Å². The molecule has 0 amide bonds. The Labute approximate surface area is 732 Å². The first-order valence-electron chi connectivity index (χ1n) is 51.3. The molecule has 694 valence electrons. The Kier molecular flexibility index (Phi) is 50.5. The topological polar surface area (TPSA) is 158 Å². The molecule has 0 heterocycles. The van der Waals surface area contributed by atoms with E-state index in [4.69, 9.17) is 28.4 Å². The Balaban J connectivity index is 0.000000255. The van der Waals surface area contributed by atoms with Gasteiger partial charge < -0.3 is 55.3 Å². The minimum Gasteiger partial charge on any atom is -0.459 e. The van der Waals surface area contributed by atoms with Crippen LogP contribution in [0, 0.1) is 82.9 Å². The van der Waals surface area contributed by atoms with Gasteiger partial charge in [0.15, 0.2) is 0 Å². The number of unbranched alkanes of at least 4 members (excludes halogenated alkanes) is 2. The summed E-state index contributed by atoms with van der Waals surface area (Å²) in [6.07, 6.45) is 43.6. The van der Waals surface area contributed by atoms with Crippen LogP contribution in [-0.4, -0.2) is 261 Å². The van der Waals surface area contributed by atoms with Gasteiger partial charge in [0, 0.05) is 0 Å². The Hall–Kier alpha value is -3.42. The fourth-order valence-corrected chi connectivity index (χ4v) is 23.8. The number of likely N-dealkylation sites (N-methyl/N-ethyl adjacent to an activating group) is 6. The lowest BCUT2D eigenvalue weighted by atomic mass is 9.89. The number of nitrogens with zero attached hydrogens (tertiary/aromatic N) is 6. The van der Waals surface area contributed by atoms with Crippen LogP contribution in [0.5, 0.6) is 0 Å². The quantitative estimate of drug-likeness (QED) is 0.0323. The molecule has 10 saturated carbocycles. The molecule has 0 radical (unpaired) electrons. The van der Waals surface area contributed by atoms with Crippen molar-refractivity contribution in [1.82, 2.24) is 0 Å². The van der Waals surface area contributed by atoms with Crippen molar-refractivity contribution < 1.29 is 84.1 Å². The molecular weight excluding hydrogens is 1490 g/mol. The van der Waals surface area contributed by atoms with Gasteiger partial charge in [-0.1, -0.05) is 132 Å². The highest BCUT2D eigenvalue weighted by molar-refractivity contribution is 5.75. The van der Waals surface area contributed by atoms with Crippen LogP contribution in [0.1, 0.15) is 335 Å². The normalized spacial score (nSPS) is 25.9. The summed E-state index contributed by atoms with van der Waals surface area (Å²) in [6.45, 7) is 60.8. The molecule has 8 bridgehead atoms. The number of hydrogen-bond donors (Lipinski definition) is 0. The fourth-order valence-electron chi connectivity index (χ4n) is 23.8. The molecule has 18 nitrogen and oxygen atoms in total. The number of rotatable bonds is 49. The first kappa shape index (κ1) is 106. The molecule has 18 heteroatoms. The zero-order chi connectivity index (χ0) is 87.3. The van der Waals surface area contributed by atoms with Gasteiger partial charge in [0.1, 0.15) is 78.9 Å². The van der Waals surface area contributed by atoms with Crippen LogP contribution >= 0.6 is 0 Å². The SMILES string of the molecule is CCCC[N+](CC)(CCC)CCOC(=O)C1CC2CCC1C2.CCCC[N+](CC)(CCC)CCOC(=O)C1CCCCC1.CCC[N+](CC)(CCC)CCOC(=O)C1CC2CCC1C2.CCC[N+](CC)(CCC)CCOC(=O)C1CCCCC1.CC[N+](CC)(CC)CCOC(=O)C1CC2CCC1C2.C[N+](C)(C)CCOC(=O)C1CC2CCC1C2. The summed E-state index contributed by atoms with van der Waals surface area (Å²) in [7, 11) is 6.35. The third-order valence-electron chi connectivity index (χ3n) is 32.0. The fraction of sp³-hybridized carbons (Fsp3) is 0.941. The average molecular weight is 1680 g/mol. The van der Waals surface area contributed by atoms with E-state index in [0.717, 1.165) is 187 Å². The smallest absolute Gasteiger partial charge is 0.309 e. The van der Waals surface area contributed by atoms with E-state index in [2.05, 4.69) is 125 Å². The van der Waals surface area contributed by atoms with E-state index in [-0.39, 0.29) is 71.3 Å². The molecule has 10 rings (SSSR count). The zero-order valence-corrected chi connectivity index (χ0v) is 81.2. The van der Waals surface area contributed by atoms with Gasteiger partial charge in [0.2, 0.25) is 0 Å². The maximum Gasteiger partial charge on any atom is 0.309 e. The standard InChI is InChI=1S/C19H36NO2.C18H34NO2.C18H36NO2.C17H34NO2.C16H30NO2.C13H24NO2/c1-4-7-11-20(6-3,10-5-2)12-13-22-19(21)18-15-16-8-9-17(18)14-16;1-4-9-19(6-3,10-5-2)11-12-21-18(20)17-14-15-7-8-16(17)13-15;1-4-7-14-19(6-3,13-5-2)15-16-21-18(20)17-11-9-8-10-12-17;1-4-12-18(6-3,13-5-2)14-15-20-17(19)16-10-8-7-9-11-16;1-4-17(5-2,6-3)9-10-19-16(18)15-12-13-7-8-14(15)11-13;1-14(2,3)6-7-16-13(15)12-9-10-4-5-11(12)8-10/h16-18H,4-15H2,1-3H3;15-17H,4-14H2,1-3H3;17H,4-16H2,1-3H3;16H,4-15H2,1-3H3;13-15H,4-12H2,1-3H3;10-12H,4-9H2,1-3H3/q6*+1. The molecule has 14 unspecified atom stereocenters. The summed E-state index contributed by atoms with van der Waals surface area (Å²) >= 11 is 0. The molecule has 0 aliphatic heterocycles. The van der Waals surface area contributed by atoms with Crippen LogP contribution in [-0.2, 0) is 57.2 Å². The summed E-state index contributed by atoms with van der Waals surface area (Å²) < 4.78 is 39.9. The zero-order valence-electron chi connectivity index (χ0n) is 81.2. The molecule has 0 spiro atoms. The van der Waals surface area contributed by atoms with Gasteiger partial charge in [-0.05, 0) is 250 Å². The number of hydrogen-bond acceptors (Lipinski definition) is 12. The van der Waals surface area contributed by atoms with Crippen LogP contribution < -0.4 is 0 Å². The van der Waals surface area contributed by atoms with Gasteiger partial charge in [0.05, 0.1) is 155 Å². The Morgan fingerprint density at radius 1 is 0.227 bits per heavy atom. The van der Waals surface area contributed by atoms with Gasteiger partial charge in [-0.15, -0.1) is 0 Å². The van der Waals surface area contributed by atoms with Crippen molar-refractivity contribution in [2.24, 2.45) is 82.9 Å². The summed E-state index contributed by atoms with van der Waals surface area (Å²) in [6, 6.07) is 0. The molecule has 119 heavy (non-hydrogen) atoms. The van der Waals surface area contributed by atoms with Gasteiger partial charge >= 0.3 is 35.8 Å². The van der Waals surface area contributed by atoms with Crippen molar-refractivity contribution in [3.05, 3.63) is 0 Å². The highest BCUT2D eigenvalue weighted by Gasteiger charge is 2.48. The number of carbonyl (C=O) groups is 6. The van der Waals surface area contributed by atoms with E-state index in [1.807, 2.05) is 0 Å². The minimum absolute atomic E-state index is 0.0619. The second-order valence-corrected chi connectivity index (χ2v) is 40.8. The molecular formula is C101H194N6O12+6. The molecule has 0 aromatic carbocycles. The number of fused-ring (bicyclic) bond motifs is 8. The summed E-state index contributed by atoms with van der Waals surface area (Å²) in [5.74, 6) is 7.60. The highest BCUT2D eigenvalue weighted by atomic mass is 16.6. The van der Waals surface area contributed by atoms with Crippen LogP contribution in [0.4, 0.5) is 0 Å². The first-order valence-corrected chi connectivity index (χ1v) is 51.3. The van der Waals surface area contributed by atoms with E-state index < -0.39 is 0 Å². The molecule has 0 aromatic rings. The minimum atomic E-state index is 0.0619. The number of ether oxygens (including phenoxy) is 6.